The maximum Gasteiger partial charge on any atom is 0.192 e. The van der Waals surface area contributed by atoms with Crippen LogP contribution in [0.2, 0.25) is 0 Å². The van der Waals surface area contributed by atoms with E-state index in [1.165, 1.54) is 0 Å². The van der Waals surface area contributed by atoms with E-state index >= 15 is 0 Å². The van der Waals surface area contributed by atoms with E-state index in [0.717, 1.165) is 46.5 Å². The fourth-order valence-electron chi connectivity index (χ4n) is 2.99. The standard InChI is InChI=1S/C20H31N5O2/c1-8-21-20(22-12-18-14(3)24-25(5)15(18)4)23-13(2)17-11-16(26-6)9-10-19(17)27-7/h9-11,13H,8,12H2,1-7H3,(H2,21,22,23). The van der Waals surface area contributed by atoms with Crippen molar-refractivity contribution >= 4 is 5.96 Å². The van der Waals surface area contributed by atoms with Crippen molar-refractivity contribution < 1.29 is 9.47 Å². The Morgan fingerprint density at radius 1 is 1.26 bits per heavy atom. The summed E-state index contributed by atoms with van der Waals surface area (Å²) < 4.78 is 12.7. The molecule has 148 valence electrons. The number of methoxy groups -OCH3 is 2. The third kappa shape index (κ3) is 4.93. The van der Waals surface area contributed by atoms with Crippen LogP contribution >= 0.6 is 0 Å². The number of nitrogens with one attached hydrogen (secondary N) is 2. The van der Waals surface area contributed by atoms with Gasteiger partial charge in [0.2, 0.25) is 0 Å². The lowest BCUT2D eigenvalue weighted by Crippen LogP contribution is -2.38. The molecule has 1 aromatic heterocycles. The van der Waals surface area contributed by atoms with Crippen molar-refractivity contribution in [1.82, 2.24) is 20.4 Å². The van der Waals surface area contributed by atoms with E-state index in [-0.39, 0.29) is 6.04 Å². The summed E-state index contributed by atoms with van der Waals surface area (Å²) in [7, 11) is 5.29. The second kappa shape index (κ2) is 9.30. The van der Waals surface area contributed by atoms with E-state index in [0.29, 0.717) is 6.54 Å². The molecule has 0 aliphatic carbocycles. The first-order valence-electron chi connectivity index (χ1n) is 9.17. The summed E-state index contributed by atoms with van der Waals surface area (Å²) >= 11 is 0. The fraction of sp³-hybridized carbons (Fsp3) is 0.500. The highest BCUT2D eigenvalue weighted by molar-refractivity contribution is 5.80. The van der Waals surface area contributed by atoms with Crippen molar-refractivity contribution in [1.29, 1.82) is 0 Å². The molecular formula is C20H31N5O2. The zero-order chi connectivity index (χ0) is 20.0. The topological polar surface area (TPSA) is 72.7 Å². The Balaban J connectivity index is 2.22. The van der Waals surface area contributed by atoms with Gasteiger partial charge in [0.15, 0.2) is 5.96 Å². The molecule has 0 amide bonds. The SMILES string of the molecule is CCNC(=NCc1c(C)nn(C)c1C)NC(C)c1cc(OC)ccc1OC. The summed E-state index contributed by atoms with van der Waals surface area (Å²) in [6, 6.07) is 5.78. The van der Waals surface area contributed by atoms with Gasteiger partial charge in [0.05, 0.1) is 32.5 Å². The number of aliphatic imine (C=N–C) groups is 1. The van der Waals surface area contributed by atoms with Gasteiger partial charge in [-0.05, 0) is 45.9 Å². The average molecular weight is 374 g/mol. The summed E-state index contributed by atoms with van der Waals surface area (Å²) in [6.45, 7) is 9.55. The fourth-order valence-corrected chi connectivity index (χ4v) is 2.99. The zero-order valence-electron chi connectivity index (χ0n) is 17.4. The molecule has 1 aromatic carbocycles. The highest BCUT2D eigenvalue weighted by Crippen LogP contribution is 2.29. The van der Waals surface area contributed by atoms with E-state index < -0.39 is 0 Å². The highest BCUT2D eigenvalue weighted by Gasteiger charge is 2.15. The Bertz CT molecular complexity index is 798. The van der Waals surface area contributed by atoms with Gasteiger partial charge in [-0.1, -0.05) is 0 Å². The predicted molar refractivity (Wildman–Crippen MR) is 109 cm³/mol. The van der Waals surface area contributed by atoms with Gasteiger partial charge in [0.25, 0.3) is 0 Å². The summed E-state index contributed by atoms with van der Waals surface area (Å²) in [5.41, 5.74) is 4.31. The Morgan fingerprint density at radius 3 is 2.56 bits per heavy atom. The average Bonchev–Trinajstić information content (AvgIpc) is 2.90. The largest absolute Gasteiger partial charge is 0.497 e. The number of aryl methyl sites for hydroxylation is 2. The minimum atomic E-state index is -0.0102. The number of guanidine groups is 1. The van der Waals surface area contributed by atoms with Gasteiger partial charge < -0.3 is 20.1 Å². The normalized spacial score (nSPS) is 12.6. The van der Waals surface area contributed by atoms with Gasteiger partial charge in [-0.3, -0.25) is 4.68 Å². The number of nitrogens with zero attached hydrogens (tertiary/aromatic N) is 3. The van der Waals surface area contributed by atoms with Crippen molar-refractivity contribution in [3.8, 4) is 11.5 Å². The lowest BCUT2D eigenvalue weighted by atomic mass is 10.1. The van der Waals surface area contributed by atoms with Crippen LogP contribution in [0.3, 0.4) is 0 Å². The third-order valence-corrected chi connectivity index (χ3v) is 4.65. The van der Waals surface area contributed by atoms with Gasteiger partial charge >= 0.3 is 0 Å². The molecule has 0 saturated carbocycles. The minimum absolute atomic E-state index is 0.0102. The van der Waals surface area contributed by atoms with Gasteiger partial charge in [-0.25, -0.2) is 4.99 Å². The number of aromatic nitrogens is 2. The van der Waals surface area contributed by atoms with Crippen molar-refractivity contribution in [3.05, 3.63) is 40.7 Å². The maximum absolute atomic E-state index is 5.50. The van der Waals surface area contributed by atoms with Gasteiger partial charge in [0.1, 0.15) is 11.5 Å². The van der Waals surface area contributed by atoms with Crippen LogP contribution in [0.1, 0.15) is 42.4 Å². The molecule has 1 atom stereocenters. The second-order valence-electron chi connectivity index (χ2n) is 6.44. The van der Waals surface area contributed by atoms with Crippen LogP contribution in [0.15, 0.2) is 23.2 Å². The molecule has 1 heterocycles. The molecule has 0 fully saturated rings. The summed E-state index contributed by atoms with van der Waals surface area (Å²) in [5, 5.41) is 11.2. The van der Waals surface area contributed by atoms with E-state index in [1.54, 1.807) is 14.2 Å². The van der Waals surface area contributed by atoms with Crippen LogP contribution in [0.4, 0.5) is 0 Å². The maximum atomic E-state index is 5.50. The quantitative estimate of drug-likeness (QED) is 0.577. The van der Waals surface area contributed by atoms with Gasteiger partial charge in [0, 0.05) is 30.4 Å². The van der Waals surface area contributed by atoms with Crippen LogP contribution in [-0.4, -0.2) is 36.5 Å². The molecule has 0 bridgehead atoms. The minimum Gasteiger partial charge on any atom is -0.497 e. The lowest BCUT2D eigenvalue weighted by molar-refractivity contribution is 0.394. The Kier molecular flexibility index (Phi) is 7.10. The summed E-state index contributed by atoms with van der Waals surface area (Å²) in [4.78, 5) is 4.75. The van der Waals surface area contributed by atoms with Crippen LogP contribution in [-0.2, 0) is 13.6 Å². The molecule has 0 saturated heterocycles. The number of ether oxygens (including phenoxy) is 2. The van der Waals surface area contributed by atoms with Crippen LogP contribution in [0.25, 0.3) is 0 Å². The van der Waals surface area contributed by atoms with E-state index in [2.05, 4.69) is 36.5 Å². The molecule has 27 heavy (non-hydrogen) atoms. The number of hydrogen-bond donors (Lipinski definition) is 2. The van der Waals surface area contributed by atoms with Crippen molar-refractivity contribution in [2.45, 2.75) is 40.3 Å². The Labute approximate surface area is 161 Å². The summed E-state index contributed by atoms with van der Waals surface area (Å²) in [6.07, 6.45) is 0. The van der Waals surface area contributed by atoms with Gasteiger partial charge in [-0.2, -0.15) is 5.10 Å². The van der Waals surface area contributed by atoms with Crippen molar-refractivity contribution in [2.75, 3.05) is 20.8 Å². The second-order valence-corrected chi connectivity index (χ2v) is 6.44. The zero-order valence-corrected chi connectivity index (χ0v) is 17.4. The van der Waals surface area contributed by atoms with Gasteiger partial charge in [-0.15, -0.1) is 0 Å². The van der Waals surface area contributed by atoms with E-state index in [1.807, 2.05) is 36.9 Å². The first kappa shape index (κ1) is 20.6. The monoisotopic (exact) mass is 373 g/mol. The molecule has 7 nitrogen and oxygen atoms in total. The molecule has 2 aromatic rings. The lowest BCUT2D eigenvalue weighted by Gasteiger charge is -2.21. The van der Waals surface area contributed by atoms with E-state index in [4.69, 9.17) is 14.5 Å². The van der Waals surface area contributed by atoms with Crippen LogP contribution in [0, 0.1) is 13.8 Å². The molecule has 0 aliphatic heterocycles. The summed E-state index contributed by atoms with van der Waals surface area (Å²) in [5.74, 6) is 2.35. The molecule has 2 rings (SSSR count). The Morgan fingerprint density at radius 2 is 2.00 bits per heavy atom. The number of rotatable bonds is 7. The molecule has 0 radical (unpaired) electrons. The van der Waals surface area contributed by atoms with Crippen molar-refractivity contribution in [2.24, 2.45) is 12.0 Å². The Hall–Kier alpha value is -2.70. The number of benzene rings is 1. The van der Waals surface area contributed by atoms with Crippen molar-refractivity contribution in [3.63, 3.8) is 0 Å². The number of hydrogen-bond acceptors (Lipinski definition) is 4. The smallest absolute Gasteiger partial charge is 0.192 e. The first-order chi connectivity index (χ1) is 12.9. The molecule has 0 aliphatic rings. The molecule has 2 N–H and O–H groups in total. The highest BCUT2D eigenvalue weighted by atomic mass is 16.5. The predicted octanol–water partition coefficient (Wildman–Crippen LogP) is 2.87. The van der Waals surface area contributed by atoms with Crippen LogP contribution < -0.4 is 20.1 Å². The molecule has 1 unspecified atom stereocenters. The van der Waals surface area contributed by atoms with Crippen LogP contribution in [0.5, 0.6) is 11.5 Å². The van der Waals surface area contributed by atoms with E-state index in [9.17, 15) is 0 Å². The molecular weight excluding hydrogens is 342 g/mol. The molecule has 7 heteroatoms. The third-order valence-electron chi connectivity index (χ3n) is 4.65. The first-order valence-corrected chi connectivity index (χ1v) is 9.17. The molecule has 0 spiro atoms.